The van der Waals surface area contributed by atoms with Crippen molar-refractivity contribution in [1.29, 1.82) is 0 Å². The van der Waals surface area contributed by atoms with E-state index in [1.54, 1.807) is 41.3 Å². The molecule has 254 valence electrons. The zero-order valence-electron chi connectivity index (χ0n) is 31.9. The summed E-state index contributed by atoms with van der Waals surface area (Å²) in [6.07, 6.45) is -9.90. The molecule has 0 spiro atoms. The monoisotopic (exact) mass is 685 g/mol. The van der Waals surface area contributed by atoms with Crippen molar-refractivity contribution in [3.63, 3.8) is 0 Å². The number of hydrogen-bond donors (Lipinski definition) is 0. The van der Waals surface area contributed by atoms with Crippen molar-refractivity contribution in [3.05, 3.63) is 117 Å². The molecule has 0 saturated heterocycles. The van der Waals surface area contributed by atoms with Crippen molar-refractivity contribution in [2.75, 3.05) is 26.2 Å². The smallest absolute Gasteiger partial charge is 0.336 e. The number of fused-ring (bicyclic) bond motifs is 1. The minimum Gasteiger partial charge on any atom is -0.336 e. The van der Waals surface area contributed by atoms with Gasteiger partial charge in [0, 0.05) is 43.5 Å². The summed E-state index contributed by atoms with van der Waals surface area (Å²) >= 11 is 1.01. The molecule has 3 aromatic carbocycles. The Morgan fingerprint density at radius 3 is 2.17 bits per heavy atom. The Bertz CT molecular complexity index is 1990. The first-order valence-electron chi connectivity index (χ1n) is 18.1. The molecule has 1 unspecified atom stereocenters. The van der Waals surface area contributed by atoms with Crippen LogP contribution in [-0.2, 0) is 42.6 Å². The maximum absolute atomic E-state index is 14.4. The molecular weight excluding hydrogens is 640 g/mol. The average molecular weight is 686 g/mol. The van der Waals surface area contributed by atoms with Gasteiger partial charge in [-0.3, -0.25) is 9.59 Å². The number of carbonyl (C=O) groups is 1. The number of alkyl halides is 3. The zero-order chi connectivity index (χ0) is 38.9. The fourth-order valence-corrected chi connectivity index (χ4v) is 6.31. The van der Waals surface area contributed by atoms with Crippen LogP contribution in [0.1, 0.15) is 55.6 Å². The van der Waals surface area contributed by atoms with Gasteiger partial charge in [0.2, 0.25) is 5.91 Å². The Morgan fingerprint density at radius 2 is 1.56 bits per heavy atom. The van der Waals surface area contributed by atoms with E-state index in [0.29, 0.717) is 28.8 Å². The van der Waals surface area contributed by atoms with E-state index in [1.165, 1.54) is 28.8 Å². The first-order valence-corrected chi connectivity index (χ1v) is 16.6. The molecule has 5 rings (SSSR count). The SMILES string of the molecule is [2H]C1([2H])c2c(n(CC(=O)N(CCN(CC)CC)Cc3ccc(-c4ccc(C(F)(F)F)cc4)cc3)c(SCc3ccc(F)cc3)nc2=O)C([2H])([2H])C1([2H])C. The standard InChI is InChI=1S/C37H40F4N4O2S/c1-4-43(5-2)18-19-44(22-26-6-10-28(11-7-26)29-12-14-30(15-13-29)37(39,40)41)34(46)23-45-33-21-25(3)20-32(33)35(47)42-36(45)48-24-27-8-16-31(38)17-9-27/h6-17,25H,4-5,18-24H2,1-3H3/i20D2,21D2,25D. The average Bonchev–Trinajstić information content (AvgIpc) is 3.22. The lowest BCUT2D eigenvalue weighted by atomic mass is 10.0. The van der Waals surface area contributed by atoms with Gasteiger partial charge in [0.05, 0.1) is 5.56 Å². The molecule has 1 amide bonds. The zero-order valence-corrected chi connectivity index (χ0v) is 27.7. The highest BCUT2D eigenvalue weighted by Crippen LogP contribution is 2.32. The predicted molar refractivity (Wildman–Crippen MR) is 181 cm³/mol. The van der Waals surface area contributed by atoms with Gasteiger partial charge in [-0.25, -0.2) is 4.39 Å². The minimum absolute atomic E-state index is 0.0478. The van der Waals surface area contributed by atoms with Crippen LogP contribution in [0.5, 0.6) is 0 Å². The maximum Gasteiger partial charge on any atom is 0.416 e. The van der Waals surface area contributed by atoms with Crippen molar-refractivity contribution in [3.8, 4) is 11.1 Å². The van der Waals surface area contributed by atoms with Gasteiger partial charge in [0.15, 0.2) is 5.16 Å². The fraction of sp³-hybridized carbons (Fsp3) is 0.378. The Hall–Kier alpha value is -3.96. The number of halogens is 4. The summed E-state index contributed by atoms with van der Waals surface area (Å²) in [5.41, 5.74) is -0.163. The highest BCUT2D eigenvalue weighted by Gasteiger charge is 2.30. The van der Waals surface area contributed by atoms with Gasteiger partial charge in [-0.15, -0.1) is 0 Å². The number of aromatic nitrogens is 2. The molecule has 0 radical (unpaired) electrons. The van der Waals surface area contributed by atoms with E-state index in [2.05, 4.69) is 9.88 Å². The van der Waals surface area contributed by atoms with Crippen LogP contribution in [0, 0.1) is 11.7 Å². The van der Waals surface area contributed by atoms with Gasteiger partial charge in [-0.1, -0.05) is 81.1 Å². The largest absolute Gasteiger partial charge is 0.416 e. The van der Waals surface area contributed by atoms with Gasteiger partial charge < -0.3 is 14.4 Å². The second-order valence-corrected chi connectivity index (χ2v) is 12.4. The summed E-state index contributed by atoms with van der Waals surface area (Å²) in [6, 6.07) is 17.5. The summed E-state index contributed by atoms with van der Waals surface area (Å²) in [6.45, 7) is 6.86. The molecule has 1 aliphatic carbocycles. The van der Waals surface area contributed by atoms with E-state index >= 15 is 0 Å². The van der Waals surface area contributed by atoms with Crippen LogP contribution >= 0.6 is 11.8 Å². The molecule has 0 fully saturated rings. The molecule has 0 bridgehead atoms. The van der Waals surface area contributed by atoms with Gasteiger partial charge in [-0.05, 0) is 78.2 Å². The number of nitrogens with zero attached hydrogens (tertiary/aromatic N) is 4. The molecule has 1 aromatic heterocycles. The molecule has 4 aromatic rings. The Morgan fingerprint density at radius 1 is 0.958 bits per heavy atom. The molecule has 1 atom stereocenters. The highest BCUT2D eigenvalue weighted by molar-refractivity contribution is 7.98. The summed E-state index contributed by atoms with van der Waals surface area (Å²) < 4.78 is 98.0. The molecule has 1 aliphatic rings. The number of hydrogen-bond acceptors (Lipinski definition) is 5. The quantitative estimate of drug-likeness (QED) is 0.0831. The van der Waals surface area contributed by atoms with E-state index in [-0.39, 0.29) is 24.0 Å². The topological polar surface area (TPSA) is 58.4 Å². The number of likely N-dealkylation sites (N-methyl/N-ethyl adjacent to an activating group) is 1. The second kappa shape index (κ2) is 15.5. The van der Waals surface area contributed by atoms with Gasteiger partial charge in [-0.2, -0.15) is 18.2 Å². The molecule has 11 heteroatoms. The van der Waals surface area contributed by atoms with Crippen molar-refractivity contribution in [2.45, 2.75) is 63.7 Å². The fourth-order valence-electron chi connectivity index (χ4n) is 5.36. The van der Waals surface area contributed by atoms with Gasteiger partial charge in [0.1, 0.15) is 12.4 Å². The van der Waals surface area contributed by atoms with Gasteiger partial charge in [0.25, 0.3) is 5.56 Å². The summed E-state index contributed by atoms with van der Waals surface area (Å²) in [5, 5.41) is -0.0478. The van der Waals surface area contributed by atoms with Crippen molar-refractivity contribution < 1.29 is 29.2 Å². The van der Waals surface area contributed by atoms with Crippen molar-refractivity contribution in [1.82, 2.24) is 19.4 Å². The molecular formula is C37H40F4N4O2S. The van der Waals surface area contributed by atoms with Crippen LogP contribution < -0.4 is 5.56 Å². The first kappa shape index (κ1) is 29.0. The first-order chi connectivity index (χ1) is 24.8. The molecule has 0 saturated carbocycles. The Labute approximate surface area is 289 Å². The van der Waals surface area contributed by atoms with E-state index in [4.69, 9.17) is 6.85 Å². The molecule has 1 heterocycles. The highest BCUT2D eigenvalue weighted by atomic mass is 32.2. The number of thioether (sulfide) groups is 1. The second-order valence-electron chi connectivity index (χ2n) is 11.4. The lowest BCUT2D eigenvalue weighted by Gasteiger charge is -2.28. The van der Waals surface area contributed by atoms with E-state index in [1.807, 2.05) is 13.8 Å². The van der Waals surface area contributed by atoms with Crippen LogP contribution in [0.3, 0.4) is 0 Å². The van der Waals surface area contributed by atoms with E-state index < -0.39 is 65.5 Å². The molecule has 0 aliphatic heterocycles. The Balaban J connectivity index is 1.50. The third-order valence-corrected chi connectivity index (χ3v) is 9.20. The maximum atomic E-state index is 14.4. The van der Waals surface area contributed by atoms with Crippen LogP contribution in [0.2, 0.25) is 0 Å². The van der Waals surface area contributed by atoms with Crippen LogP contribution in [0.25, 0.3) is 11.1 Å². The minimum atomic E-state index is -4.45. The number of benzene rings is 3. The number of rotatable bonds is 13. The number of amides is 1. The van der Waals surface area contributed by atoms with E-state index in [9.17, 15) is 27.2 Å². The normalized spacial score (nSPS) is 19.5. The summed E-state index contributed by atoms with van der Waals surface area (Å²) in [5.74, 6) is -3.19. The van der Waals surface area contributed by atoms with Crippen LogP contribution in [0.4, 0.5) is 17.6 Å². The van der Waals surface area contributed by atoms with Crippen molar-refractivity contribution >= 4 is 17.7 Å². The molecule has 6 nitrogen and oxygen atoms in total. The summed E-state index contributed by atoms with van der Waals surface area (Å²) in [7, 11) is 0. The molecule has 48 heavy (non-hydrogen) atoms. The lowest BCUT2D eigenvalue weighted by Crippen LogP contribution is -2.40. The van der Waals surface area contributed by atoms with Gasteiger partial charge >= 0.3 is 6.18 Å². The Kier molecular flexibility index (Phi) is 9.37. The van der Waals surface area contributed by atoms with Crippen LogP contribution in [0.15, 0.2) is 82.7 Å². The lowest BCUT2D eigenvalue weighted by molar-refractivity contribution is -0.137. The molecule has 0 N–H and O–H groups in total. The predicted octanol–water partition coefficient (Wildman–Crippen LogP) is 7.47. The summed E-state index contributed by atoms with van der Waals surface area (Å²) in [4.78, 5) is 35.6. The third-order valence-electron chi connectivity index (χ3n) is 8.15. The third kappa shape index (κ3) is 8.73. The van der Waals surface area contributed by atoms with Crippen molar-refractivity contribution in [2.24, 2.45) is 5.89 Å². The van der Waals surface area contributed by atoms with Crippen LogP contribution in [-0.4, -0.2) is 51.4 Å². The number of carbonyl (C=O) groups excluding carboxylic acids is 1. The van der Waals surface area contributed by atoms with E-state index in [0.717, 1.165) is 43.9 Å².